The Hall–Kier alpha value is -1.79. The molecule has 6 heteroatoms. The number of hydrazine groups is 1. The minimum Gasteiger partial charge on any atom is -0.270 e. The van der Waals surface area contributed by atoms with Crippen LogP contribution in [0.25, 0.3) is 0 Å². The second kappa shape index (κ2) is 5.90. The molecule has 0 aliphatic carbocycles. The van der Waals surface area contributed by atoms with Gasteiger partial charge in [0.05, 0.1) is 17.6 Å². The zero-order chi connectivity index (χ0) is 13.8. The Morgan fingerprint density at radius 2 is 2.16 bits per heavy atom. The second-order valence-corrected chi connectivity index (χ2v) is 4.69. The minimum absolute atomic E-state index is 0.194. The summed E-state index contributed by atoms with van der Waals surface area (Å²) in [6, 6.07) is 3.87. The summed E-state index contributed by atoms with van der Waals surface area (Å²) in [5.41, 5.74) is 6.77. The normalized spacial score (nSPS) is 12.6. The standard InChI is InChI=1S/C13H20N6/c1-4-5-19-12(8-15-18-19)13(17-14)11-7-9(2)6-10(3)16-11/h6-8,13,17H,4-5,14H2,1-3H3. The SMILES string of the molecule is CCCn1nncc1C(NN)c1cc(C)cc(C)n1. The van der Waals surface area contributed by atoms with Crippen molar-refractivity contribution in [3.05, 3.63) is 41.0 Å². The van der Waals surface area contributed by atoms with Gasteiger partial charge in [0.2, 0.25) is 0 Å². The summed E-state index contributed by atoms with van der Waals surface area (Å²) in [5, 5.41) is 8.06. The largest absolute Gasteiger partial charge is 0.270 e. The van der Waals surface area contributed by atoms with Gasteiger partial charge in [-0.3, -0.25) is 10.8 Å². The van der Waals surface area contributed by atoms with Crippen molar-refractivity contribution < 1.29 is 0 Å². The monoisotopic (exact) mass is 260 g/mol. The third-order valence-electron chi connectivity index (χ3n) is 2.96. The molecular formula is C13H20N6. The van der Waals surface area contributed by atoms with E-state index in [1.807, 2.05) is 30.7 Å². The maximum Gasteiger partial charge on any atom is 0.106 e. The first-order valence-corrected chi connectivity index (χ1v) is 6.45. The molecule has 2 aromatic heterocycles. The molecule has 0 spiro atoms. The van der Waals surface area contributed by atoms with E-state index in [0.717, 1.165) is 35.6 Å². The molecule has 0 amide bonds. The number of hydrogen-bond donors (Lipinski definition) is 2. The van der Waals surface area contributed by atoms with Crippen molar-refractivity contribution in [1.82, 2.24) is 25.4 Å². The van der Waals surface area contributed by atoms with E-state index in [9.17, 15) is 0 Å². The van der Waals surface area contributed by atoms with Crippen LogP contribution in [-0.2, 0) is 6.54 Å². The fraction of sp³-hybridized carbons (Fsp3) is 0.462. The van der Waals surface area contributed by atoms with Crippen molar-refractivity contribution >= 4 is 0 Å². The number of aryl methyl sites for hydroxylation is 3. The van der Waals surface area contributed by atoms with Gasteiger partial charge >= 0.3 is 0 Å². The average Bonchev–Trinajstić information content (AvgIpc) is 2.78. The van der Waals surface area contributed by atoms with Crippen molar-refractivity contribution in [2.45, 2.75) is 39.8 Å². The van der Waals surface area contributed by atoms with Crippen molar-refractivity contribution in [2.24, 2.45) is 5.84 Å². The van der Waals surface area contributed by atoms with Crippen LogP contribution in [0.1, 0.15) is 42.0 Å². The number of hydrogen-bond acceptors (Lipinski definition) is 5. The summed E-state index contributed by atoms with van der Waals surface area (Å²) < 4.78 is 1.86. The first-order chi connectivity index (χ1) is 9.15. The number of rotatable bonds is 5. The molecule has 0 aliphatic rings. The zero-order valence-corrected chi connectivity index (χ0v) is 11.6. The summed E-state index contributed by atoms with van der Waals surface area (Å²) in [6.45, 7) is 6.95. The second-order valence-electron chi connectivity index (χ2n) is 4.69. The number of pyridine rings is 1. The lowest BCUT2D eigenvalue weighted by Crippen LogP contribution is -2.31. The van der Waals surface area contributed by atoms with E-state index < -0.39 is 0 Å². The highest BCUT2D eigenvalue weighted by Crippen LogP contribution is 2.20. The van der Waals surface area contributed by atoms with Crippen LogP contribution in [-0.4, -0.2) is 20.0 Å². The summed E-state index contributed by atoms with van der Waals surface area (Å²) in [6.07, 6.45) is 2.73. The Bertz CT molecular complexity index is 528. The molecule has 0 saturated heterocycles. The van der Waals surface area contributed by atoms with E-state index in [1.54, 1.807) is 6.20 Å². The van der Waals surface area contributed by atoms with Crippen LogP contribution in [0, 0.1) is 13.8 Å². The highest BCUT2D eigenvalue weighted by Gasteiger charge is 2.19. The molecule has 2 aromatic rings. The molecule has 0 radical (unpaired) electrons. The molecule has 1 atom stereocenters. The molecule has 19 heavy (non-hydrogen) atoms. The van der Waals surface area contributed by atoms with Gasteiger partial charge in [-0.05, 0) is 38.0 Å². The molecule has 0 bridgehead atoms. The molecule has 6 nitrogen and oxygen atoms in total. The maximum atomic E-state index is 5.70. The number of aromatic nitrogens is 4. The molecule has 0 saturated carbocycles. The van der Waals surface area contributed by atoms with Gasteiger partial charge in [-0.15, -0.1) is 5.10 Å². The van der Waals surface area contributed by atoms with Gasteiger partial charge < -0.3 is 0 Å². The van der Waals surface area contributed by atoms with Crippen LogP contribution in [0.2, 0.25) is 0 Å². The first-order valence-electron chi connectivity index (χ1n) is 6.45. The summed E-state index contributed by atoms with van der Waals surface area (Å²) >= 11 is 0. The predicted molar refractivity (Wildman–Crippen MR) is 73.2 cm³/mol. The van der Waals surface area contributed by atoms with Crippen LogP contribution in [0.15, 0.2) is 18.3 Å². The Labute approximate surface area is 113 Å². The molecule has 0 aliphatic heterocycles. The number of nitrogens with one attached hydrogen (secondary N) is 1. The van der Waals surface area contributed by atoms with Gasteiger partial charge in [-0.1, -0.05) is 12.1 Å². The van der Waals surface area contributed by atoms with E-state index in [1.165, 1.54) is 0 Å². The van der Waals surface area contributed by atoms with Gasteiger partial charge in [-0.25, -0.2) is 10.1 Å². The van der Waals surface area contributed by atoms with E-state index in [4.69, 9.17) is 5.84 Å². The lowest BCUT2D eigenvalue weighted by Gasteiger charge is -2.17. The van der Waals surface area contributed by atoms with Crippen molar-refractivity contribution in [2.75, 3.05) is 0 Å². The molecule has 1 unspecified atom stereocenters. The molecule has 2 rings (SSSR count). The van der Waals surface area contributed by atoms with Gasteiger partial charge in [0.1, 0.15) is 6.04 Å². The third kappa shape index (κ3) is 2.97. The molecular weight excluding hydrogens is 240 g/mol. The zero-order valence-electron chi connectivity index (χ0n) is 11.6. The van der Waals surface area contributed by atoms with Crippen molar-refractivity contribution in [3.8, 4) is 0 Å². The van der Waals surface area contributed by atoms with Gasteiger partial charge in [0.25, 0.3) is 0 Å². The molecule has 102 valence electrons. The van der Waals surface area contributed by atoms with Crippen LogP contribution in [0.5, 0.6) is 0 Å². The van der Waals surface area contributed by atoms with Crippen LogP contribution in [0.3, 0.4) is 0 Å². The fourth-order valence-electron chi connectivity index (χ4n) is 2.22. The topological polar surface area (TPSA) is 81.7 Å². The number of nitrogens with zero attached hydrogens (tertiary/aromatic N) is 4. The average molecular weight is 260 g/mol. The van der Waals surface area contributed by atoms with Crippen LogP contribution in [0.4, 0.5) is 0 Å². The highest BCUT2D eigenvalue weighted by molar-refractivity contribution is 5.26. The summed E-state index contributed by atoms with van der Waals surface area (Å²) in [7, 11) is 0. The summed E-state index contributed by atoms with van der Waals surface area (Å²) in [5.74, 6) is 5.70. The molecule has 0 aromatic carbocycles. The Kier molecular flexibility index (Phi) is 4.24. The Balaban J connectivity index is 2.40. The van der Waals surface area contributed by atoms with Crippen LogP contribution < -0.4 is 11.3 Å². The van der Waals surface area contributed by atoms with Crippen LogP contribution >= 0.6 is 0 Å². The maximum absolute atomic E-state index is 5.70. The number of nitrogens with two attached hydrogens (primary N) is 1. The Morgan fingerprint density at radius 1 is 1.37 bits per heavy atom. The summed E-state index contributed by atoms with van der Waals surface area (Å²) in [4.78, 5) is 4.55. The van der Waals surface area contributed by atoms with E-state index in [0.29, 0.717) is 0 Å². The van der Waals surface area contributed by atoms with Gasteiger partial charge in [0, 0.05) is 12.2 Å². The van der Waals surface area contributed by atoms with E-state index >= 15 is 0 Å². The lowest BCUT2D eigenvalue weighted by molar-refractivity contribution is 0.506. The fourth-order valence-corrected chi connectivity index (χ4v) is 2.22. The smallest absolute Gasteiger partial charge is 0.106 e. The first kappa shape index (κ1) is 13.6. The van der Waals surface area contributed by atoms with Gasteiger partial charge in [-0.2, -0.15) is 0 Å². The predicted octanol–water partition coefficient (Wildman–Crippen LogP) is 1.25. The minimum atomic E-state index is -0.194. The molecule has 0 fully saturated rings. The van der Waals surface area contributed by atoms with Gasteiger partial charge in [0.15, 0.2) is 0 Å². The highest BCUT2D eigenvalue weighted by atomic mass is 15.4. The quantitative estimate of drug-likeness (QED) is 0.624. The third-order valence-corrected chi connectivity index (χ3v) is 2.96. The van der Waals surface area contributed by atoms with Crippen molar-refractivity contribution in [3.63, 3.8) is 0 Å². The lowest BCUT2D eigenvalue weighted by atomic mass is 10.1. The molecule has 3 N–H and O–H groups in total. The van der Waals surface area contributed by atoms with E-state index in [-0.39, 0.29) is 6.04 Å². The Morgan fingerprint density at radius 3 is 2.79 bits per heavy atom. The molecule has 2 heterocycles. The van der Waals surface area contributed by atoms with E-state index in [2.05, 4.69) is 27.6 Å². The van der Waals surface area contributed by atoms with Crippen molar-refractivity contribution in [1.29, 1.82) is 0 Å².